The summed E-state index contributed by atoms with van der Waals surface area (Å²) in [6.45, 7) is 3.93. The van der Waals surface area contributed by atoms with Crippen LogP contribution in [0.25, 0.3) is 0 Å². The first kappa shape index (κ1) is 17.7. The molecule has 0 fully saturated rings. The van der Waals surface area contributed by atoms with Crippen LogP contribution < -0.4 is 11.5 Å². The molecule has 1 rings (SSSR count). The normalized spacial score (nSPS) is 11.2. The zero-order valence-corrected chi connectivity index (χ0v) is 13.9. The monoisotopic (exact) mass is 296 g/mol. The molecule has 20 heavy (non-hydrogen) atoms. The molecule has 116 valence electrons. The van der Waals surface area contributed by atoms with Crippen molar-refractivity contribution in [1.29, 1.82) is 0 Å². The van der Waals surface area contributed by atoms with Gasteiger partial charge in [-0.3, -0.25) is 0 Å². The average Bonchev–Trinajstić information content (AvgIpc) is 2.79. The summed E-state index contributed by atoms with van der Waals surface area (Å²) < 4.78 is 0. The van der Waals surface area contributed by atoms with Gasteiger partial charge in [-0.2, -0.15) is 0 Å². The van der Waals surface area contributed by atoms with Crippen LogP contribution in [0.5, 0.6) is 0 Å². The molecule has 2 nitrogen and oxygen atoms in total. The Balaban J connectivity index is 2.16. The predicted octanol–water partition coefficient (Wildman–Crippen LogP) is 4.18. The van der Waals surface area contributed by atoms with Crippen LogP contribution in [0.4, 0.5) is 0 Å². The van der Waals surface area contributed by atoms with Gasteiger partial charge in [0.05, 0.1) is 0 Å². The van der Waals surface area contributed by atoms with Gasteiger partial charge in [0.2, 0.25) is 0 Å². The minimum Gasteiger partial charge on any atom is -0.330 e. The number of hydrogen-bond donors (Lipinski definition) is 2. The van der Waals surface area contributed by atoms with Crippen molar-refractivity contribution >= 4 is 11.3 Å². The van der Waals surface area contributed by atoms with Gasteiger partial charge < -0.3 is 11.5 Å². The van der Waals surface area contributed by atoms with Crippen LogP contribution in [0, 0.1) is 6.92 Å². The maximum Gasteiger partial charge on any atom is 0.00773 e. The Morgan fingerprint density at radius 3 is 2.05 bits per heavy atom. The van der Waals surface area contributed by atoms with Gasteiger partial charge >= 0.3 is 0 Å². The smallest absolute Gasteiger partial charge is 0.00773 e. The largest absolute Gasteiger partial charge is 0.330 e. The van der Waals surface area contributed by atoms with Crippen LogP contribution in [0.2, 0.25) is 0 Å². The molecule has 3 heteroatoms. The van der Waals surface area contributed by atoms with Crippen LogP contribution in [-0.2, 0) is 12.8 Å². The van der Waals surface area contributed by atoms with E-state index in [4.69, 9.17) is 11.5 Å². The van der Waals surface area contributed by atoms with Crippen molar-refractivity contribution in [1.82, 2.24) is 0 Å². The van der Waals surface area contributed by atoms with Crippen molar-refractivity contribution in [2.24, 2.45) is 11.5 Å². The lowest BCUT2D eigenvalue weighted by Crippen LogP contribution is -1.98. The van der Waals surface area contributed by atoms with Crippen LogP contribution in [-0.4, -0.2) is 13.1 Å². The third-order valence-corrected chi connectivity index (χ3v) is 5.16. The Labute approximate surface area is 128 Å². The van der Waals surface area contributed by atoms with Crippen molar-refractivity contribution in [3.8, 4) is 0 Å². The van der Waals surface area contributed by atoms with Crippen LogP contribution >= 0.6 is 11.3 Å². The van der Waals surface area contributed by atoms with E-state index < -0.39 is 0 Å². The van der Waals surface area contributed by atoms with Gasteiger partial charge in [-0.15, -0.1) is 11.3 Å². The van der Waals surface area contributed by atoms with Gasteiger partial charge in [0.25, 0.3) is 0 Å². The third-order valence-electron chi connectivity index (χ3n) is 3.81. The number of rotatable bonds is 12. The maximum absolute atomic E-state index is 5.55. The molecular weight excluding hydrogens is 264 g/mol. The molecule has 0 spiro atoms. The molecule has 0 saturated carbocycles. The summed E-state index contributed by atoms with van der Waals surface area (Å²) in [6, 6.07) is 2.39. The SMILES string of the molecule is Cc1cc(CCCCN)sc1CCCCCCCCN. The summed E-state index contributed by atoms with van der Waals surface area (Å²) in [5.41, 5.74) is 12.6. The van der Waals surface area contributed by atoms with Crippen molar-refractivity contribution in [2.45, 2.75) is 71.1 Å². The van der Waals surface area contributed by atoms with Crippen molar-refractivity contribution in [3.63, 3.8) is 0 Å². The molecule has 4 N–H and O–H groups in total. The lowest BCUT2D eigenvalue weighted by atomic mass is 10.1. The Hall–Kier alpha value is -0.380. The molecule has 0 radical (unpaired) electrons. The number of hydrogen-bond acceptors (Lipinski definition) is 3. The highest BCUT2D eigenvalue weighted by Gasteiger charge is 2.05. The number of aryl methyl sites for hydroxylation is 3. The van der Waals surface area contributed by atoms with Crippen molar-refractivity contribution < 1.29 is 0 Å². The summed E-state index contributed by atoms with van der Waals surface area (Å²) in [5, 5.41) is 0. The summed E-state index contributed by atoms with van der Waals surface area (Å²) >= 11 is 2.02. The minimum atomic E-state index is 0.821. The molecule has 0 atom stereocenters. The van der Waals surface area contributed by atoms with E-state index in [1.54, 1.807) is 9.75 Å². The molecule has 1 aromatic rings. The molecule has 1 aromatic heterocycles. The Kier molecular flexibility index (Phi) is 9.98. The van der Waals surface area contributed by atoms with Gasteiger partial charge in [0.1, 0.15) is 0 Å². The van der Waals surface area contributed by atoms with E-state index >= 15 is 0 Å². The van der Waals surface area contributed by atoms with E-state index in [2.05, 4.69) is 13.0 Å². The van der Waals surface area contributed by atoms with Crippen LogP contribution in [0.1, 0.15) is 66.7 Å². The third kappa shape index (κ3) is 7.41. The first-order valence-corrected chi connectivity index (χ1v) is 9.08. The van der Waals surface area contributed by atoms with Crippen LogP contribution in [0.15, 0.2) is 6.07 Å². The summed E-state index contributed by atoms with van der Waals surface area (Å²) in [7, 11) is 0. The lowest BCUT2D eigenvalue weighted by molar-refractivity contribution is 0.598. The van der Waals surface area contributed by atoms with Crippen LogP contribution in [0.3, 0.4) is 0 Å². The topological polar surface area (TPSA) is 52.0 Å². The van der Waals surface area contributed by atoms with Gasteiger partial charge in [0, 0.05) is 9.75 Å². The highest BCUT2D eigenvalue weighted by atomic mass is 32.1. The van der Waals surface area contributed by atoms with E-state index in [1.807, 2.05) is 11.3 Å². The van der Waals surface area contributed by atoms with E-state index in [9.17, 15) is 0 Å². The molecule has 0 amide bonds. The second-order valence-corrected chi connectivity index (χ2v) is 6.95. The Bertz CT molecular complexity index is 347. The molecule has 0 aliphatic rings. The average molecular weight is 297 g/mol. The van der Waals surface area contributed by atoms with E-state index in [0.29, 0.717) is 0 Å². The fourth-order valence-corrected chi connectivity index (χ4v) is 3.81. The van der Waals surface area contributed by atoms with Crippen molar-refractivity contribution in [2.75, 3.05) is 13.1 Å². The quantitative estimate of drug-likeness (QED) is 0.568. The molecular formula is C17H32N2S. The lowest BCUT2D eigenvalue weighted by Gasteiger charge is -2.01. The molecule has 0 aromatic carbocycles. The molecule has 1 heterocycles. The first-order chi connectivity index (χ1) is 9.77. The minimum absolute atomic E-state index is 0.821. The molecule has 0 aliphatic carbocycles. The summed E-state index contributed by atoms with van der Waals surface area (Å²) in [4.78, 5) is 3.16. The number of thiophene rings is 1. The maximum atomic E-state index is 5.55. The zero-order chi connectivity index (χ0) is 14.6. The highest BCUT2D eigenvalue weighted by Crippen LogP contribution is 2.25. The number of nitrogens with two attached hydrogens (primary N) is 2. The van der Waals surface area contributed by atoms with Gasteiger partial charge in [-0.05, 0) is 70.2 Å². The standard InChI is InChI=1S/C17H32N2S/c1-15-14-16(10-7-9-13-19)20-17(15)11-6-4-2-3-5-8-12-18/h14H,2-13,18-19H2,1H3. The van der Waals surface area contributed by atoms with E-state index in [1.165, 1.54) is 63.4 Å². The number of unbranched alkanes of at least 4 members (excludes halogenated alkanes) is 6. The van der Waals surface area contributed by atoms with Crippen molar-refractivity contribution in [3.05, 3.63) is 21.4 Å². The second-order valence-electron chi connectivity index (χ2n) is 5.72. The van der Waals surface area contributed by atoms with Gasteiger partial charge in [-0.25, -0.2) is 0 Å². The second kappa shape index (κ2) is 11.3. The zero-order valence-electron chi connectivity index (χ0n) is 13.1. The fourth-order valence-electron chi connectivity index (χ4n) is 2.54. The summed E-state index contributed by atoms with van der Waals surface area (Å²) in [6.07, 6.45) is 12.8. The molecule has 0 bridgehead atoms. The predicted molar refractivity (Wildman–Crippen MR) is 91.5 cm³/mol. The fraction of sp³-hybridized carbons (Fsp3) is 0.765. The highest BCUT2D eigenvalue weighted by molar-refractivity contribution is 7.12. The van der Waals surface area contributed by atoms with Gasteiger partial charge in [-0.1, -0.05) is 25.7 Å². The van der Waals surface area contributed by atoms with E-state index in [0.717, 1.165) is 19.5 Å². The Morgan fingerprint density at radius 1 is 0.800 bits per heavy atom. The first-order valence-electron chi connectivity index (χ1n) is 8.26. The molecule has 0 saturated heterocycles. The molecule has 0 unspecified atom stereocenters. The molecule has 0 aliphatic heterocycles. The Morgan fingerprint density at radius 2 is 1.35 bits per heavy atom. The van der Waals surface area contributed by atoms with Gasteiger partial charge in [0.15, 0.2) is 0 Å². The van der Waals surface area contributed by atoms with E-state index in [-0.39, 0.29) is 0 Å². The summed E-state index contributed by atoms with van der Waals surface area (Å²) in [5.74, 6) is 0.